The van der Waals surface area contributed by atoms with E-state index in [0.717, 1.165) is 23.4 Å². The molecule has 0 atom stereocenters. The predicted molar refractivity (Wildman–Crippen MR) is 59.1 cm³/mol. The molecule has 74 valence electrons. The van der Waals surface area contributed by atoms with E-state index in [1.54, 1.807) is 4.68 Å². The molecule has 0 bridgehead atoms. The Kier molecular flexibility index (Phi) is 1.65. The molecule has 0 saturated carbocycles. The van der Waals surface area contributed by atoms with Crippen molar-refractivity contribution in [1.29, 1.82) is 0 Å². The number of fused-ring (bicyclic) bond motifs is 1. The lowest BCUT2D eigenvalue weighted by Gasteiger charge is -2.00. The number of aromatic nitrogens is 2. The Balaban J connectivity index is 2.23. The summed E-state index contributed by atoms with van der Waals surface area (Å²) in [4.78, 5) is 11.9. The molecule has 0 amide bonds. The first kappa shape index (κ1) is 8.29. The van der Waals surface area contributed by atoms with Crippen molar-refractivity contribution in [3.63, 3.8) is 0 Å². The second-order valence-corrected chi connectivity index (χ2v) is 3.59. The van der Waals surface area contributed by atoms with E-state index in [9.17, 15) is 4.79 Å². The van der Waals surface area contributed by atoms with Crippen LogP contribution in [-0.4, -0.2) is 9.78 Å². The van der Waals surface area contributed by atoms with E-state index in [1.165, 1.54) is 0 Å². The lowest BCUT2D eigenvalue weighted by molar-refractivity contribution is 0.827. The number of hydrogen-bond acceptors (Lipinski definition) is 1. The van der Waals surface area contributed by atoms with Gasteiger partial charge in [-0.25, -0.2) is 4.68 Å². The third-order valence-electron chi connectivity index (χ3n) is 2.63. The quantitative estimate of drug-likeness (QED) is 0.744. The zero-order valence-corrected chi connectivity index (χ0v) is 8.10. The molecule has 15 heavy (non-hydrogen) atoms. The highest BCUT2D eigenvalue weighted by molar-refractivity contribution is 5.57. The van der Waals surface area contributed by atoms with Crippen molar-refractivity contribution in [2.75, 3.05) is 0 Å². The summed E-state index contributed by atoms with van der Waals surface area (Å²) in [5.41, 5.74) is 2.71. The summed E-state index contributed by atoms with van der Waals surface area (Å²) in [6, 6.07) is 9.60. The van der Waals surface area contributed by atoms with Crippen molar-refractivity contribution in [3.05, 3.63) is 58.0 Å². The Morgan fingerprint density at radius 2 is 2.00 bits per heavy atom. The van der Waals surface area contributed by atoms with Crippen LogP contribution in [0.5, 0.6) is 0 Å². The van der Waals surface area contributed by atoms with Gasteiger partial charge in [0.15, 0.2) is 0 Å². The fourth-order valence-electron chi connectivity index (χ4n) is 1.88. The van der Waals surface area contributed by atoms with E-state index in [-0.39, 0.29) is 5.56 Å². The summed E-state index contributed by atoms with van der Waals surface area (Å²) < 4.78 is 1.59. The van der Waals surface area contributed by atoms with Crippen molar-refractivity contribution in [2.24, 2.45) is 0 Å². The maximum Gasteiger partial charge on any atom is 0.278 e. The number of para-hydroxylation sites is 1. The minimum Gasteiger partial charge on any atom is -0.294 e. The first-order chi connectivity index (χ1) is 7.36. The third-order valence-corrected chi connectivity index (χ3v) is 2.63. The molecule has 1 aliphatic carbocycles. The molecule has 3 rings (SSSR count). The van der Waals surface area contributed by atoms with Crippen LogP contribution in [0.15, 0.2) is 41.2 Å². The van der Waals surface area contributed by atoms with Crippen LogP contribution < -0.4 is 5.56 Å². The zero-order chi connectivity index (χ0) is 10.3. The van der Waals surface area contributed by atoms with Gasteiger partial charge >= 0.3 is 0 Å². The van der Waals surface area contributed by atoms with Crippen LogP contribution in [0, 0.1) is 0 Å². The monoisotopic (exact) mass is 198 g/mol. The van der Waals surface area contributed by atoms with Crippen LogP contribution >= 0.6 is 0 Å². The van der Waals surface area contributed by atoms with Crippen LogP contribution in [0.3, 0.4) is 0 Å². The number of hydrogen-bond donors (Lipinski definition) is 1. The van der Waals surface area contributed by atoms with Gasteiger partial charge in [0.05, 0.1) is 11.3 Å². The van der Waals surface area contributed by atoms with Gasteiger partial charge in [0, 0.05) is 12.1 Å². The summed E-state index contributed by atoms with van der Waals surface area (Å²) in [5, 5.41) is 3.12. The molecule has 2 aromatic rings. The SMILES string of the molecule is O=c1c2c([nH]n1-c1ccccc1)CC=C2. The fourth-order valence-corrected chi connectivity index (χ4v) is 1.88. The zero-order valence-electron chi connectivity index (χ0n) is 8.10. The number of aromatic amines is 1. The molecule has 3 nitrogen and oxygen atoms in total. The second-order valence-electron chi connectivity index (χ2n) is 3.59. The molecular weight excluding hydrogens is 188 g/mol. The summed E-state index contributed by atoms with van der Waals surface area (Å²) in [6.07, 6.45) is 4.70. The highest BCUT2D eigenvalue weighted by atomic mass is 16.1. The van der Waals surface area contributed by atoms with E-state index in [2.05, 4.69) is 5.10 Å². The largest absolute Gasteiger partial charge is 0.294 e. The molecule has 1 aromatic heterocycles. The normalized spacial score (nSPS) is 13.1. The number of allylic oxidation sites excluding steroid dienone is 1. The van der Waals surface area contributed by atoms with Gasteiger partial charge < -0.3 is 0 Å². The molecule has 3 heteroatoms. The van der Waals surface area contributed by atoms with E-state index >= 15 is 0 Å². The first-order valence-electron chi connectivity index (χ1n) is 4.92. The van der Waals surface area contributed by atoms with Gasteiger partial charge in [0.25, 0.3) is 5.56 Å². The molecular formula is C12H10N2O. The molecule has 0 spiro atoms. The van der Waals surface area contributed by atoms with Crippen LogP contribution in [0.25, 0.3) is 11.8 Å². The highest BCUT2D eigenvalue weighted by Crippen LogP contribution is 2.14. The summed E-state index contributed by atoms with van der Waals surface area (Å²) in [7, 11) is 0. The van der Waals surface area contributed by atoms with Gasteiger partial charge in [0.1, 0.15) is 0 Å². The Morgan fingerprint density at radius 1 is 1.20 bits per heavy atom. The molecule has 0 fully saturated rings. The molecule has 1 aliphatic rings. The van der Waals surface area contributed by atoms with Crippen LogP contribution in [0.4, 0.5) is 0 Å². The Bertz CT molecular complexity index is 575. The van der Waals surface area contributed by atoms with E-state index in [4.69, 9.17) is 0 Å². The maximum absolute atomic E-state index is 11.9. The van der Waals surface area contributed by atoms with Gasteiger partial charge in [0.2, 0.25) is 0 Å². The van der Waals surface area contributed by atoms with Crippen molar-refractivity contribution < 1.29 is 0 Å². The summed E-state index contributed by atoms with van der Waals surface area (Å²) in [5.74, 6) is 0. The summed E-state index contributed by atoms with van der Waals surface area (Å²) >= 11 is 0. The topological polar surface area (TPSA) is 37.8 Å². The third kappa shape index (κ3) is 1.16. The minimum absolute atomic E-state index is 0.0324. The molecule has 0 radical (unpaired) electrons. The first-order valence-corrected chi connectivity index (χ1v) is 4.92. The smallest absolute Gasteiger partial charge is 0.278 e. The van der Waals surface area contributed by atoms with Crippen LogP contribution in [0.1, 0.15) is 11.3 Å². The minimum atomic E-state index is 0.0324. The number of rotatable bonds is 1. The van der Waals surface area contributed by atoms with E-state index < -0.39 is 0 Å². The van der Waals surface area contributed by atoms with E-state index in [1.807, 2.05) is 42.5 Å². The van der Waals surface area contributed by atoms with Gasteiger partial charge in [-0.05, 0) is 12.1 Å². The average Bonchev–Trinajstić information content (AvgIpc) is 2.83. The Labute approximate surface area is 86.7 Å². The number of nitrogens with one attached hydrogen (secondary N) is 1. The van der Waals surface area contributed by atoms with Crippen LogP contribution in [-0.2, 0) is 6.42 Å². The number of benzene rings is 1. The highest BCUT2D eigenvalue weighted by Gasteiger charge is 2.14. The second kappa shape index (κ2) is 2.98. The summed E-state index contributed by atoms with van der Waals surface area (Å²) in [6.45, 7) is 0. The molecule has 1 heterocycles. The Morgan fingerprint density at radius 3 is 2.73 bits per heavy atom. The maximum atomic E-state index is 11.9. The van der Waals surface area contributed by atoms with Gasteiger partial charge in [-0.2, -0.15) is 0 Å². The van der Waals surface area contributed by atoms with Crippen molar-refractivity contribution in [3.8, 4) is 5.69 Å². The molecule has 0 aliphatic heterocycles. The molecule has 1 N–H and O–H groups in total. The number of H-pyrrole nitrogens is 1. The predicted octanol–water partition coefficient (Wildman–Crippen LogP) is 1.73. The Hall–Kier alpha value is -2.03. The van der Waals surface area contributed by atoms with Crippen molar-refractivity contribution in [2.45, 2.75) is 6.42 Å². The van der Waals surface area contributed by atoms with Crippen molar-refractivity contribution >= 4 is 6.08 Å². The van der Waals surface area contributed by atoms with Gasteiger partial charge in [-0.1, -0.05) is 30.4 Å². The lowest BCUT2D eigenvalue weighted by Crippen LogP contribution is -2.15. The number of nitrogens with zero attached hydrogens (tertiary/aromatic N) is 1. The van der Waals surface area contributed by atoms with Gasteiger partial charge in [-0.3, -0.25) is 9.89 Å². The van der Waals surface area contributed by atoms with E-state index in [0.29, 0.717) is 0 Å². The standard InChI is InChI=1S/C12H10N2O/c15-12-10-7-4-8-11(10)13-14(12)9-5-2-1-3-6-9/h1-7,13H,8H2. The molecule has 1 aromatic carbocycles. The molecule has 0 saturated heterocycles. The average molecular weight is 198 g/mol. The fraction of sp³-hybridized carbons (Fsp3) is 0.0833. The van der Waals surface area contributed by atoms with Crippen molar-refractivity contribution in [1.82, 2.24) is 9.78 Å². The molecule has 0 unspecified atom stereocenters. The van der Waals surface area contributed by atoms with Gasteiger partial charge in [-0.15, -0.1) is 0 Å². The van der Waals surface area contributed by atoms with Crippen LogP contribution in [0.2, 0.25) is 0 Å². The lowest BCUT2D eigenvalue weighted by atomic mass is 10.3.